The number of hydrogen-bond donors (Lipinski definition) is 1. The summed E-state index contributed by atoms with van der Waals surface area (Å²) < 4.78 is 37.4. The number of piperidine rings is 1. The molecule has 37 heavy (non-hydrogen) atoms. The van der Waals surface area contributed by atoms with Crippen molar-refractivity contribution in [3.63, 3.8) is 0 Å². The number of halogens is 1. The van der Waals surface area contributed by atoms with Gasteiger partial charge in [-0.2, -0.15) is 17.8 Å². The van der Waals surface area contributed by atoms with E-state index in [2.05, 4.69) is 17.3 Å². The lowest BCUT2D eigenvalue weighted by Crippen LogP contribution is -2.49. The van der Waals surface area contributed by atoms with E-state index < -0.39 is 10.2 Å². The molecular weight excluding hydrogens is 514 g/mol. The smallest absolute Gasteiger partial charge is 0.304 e. The second-order valence-corrected chi connectivity index (χ2v) is 13.1. The Morgan fingerprint density at radius 2 is 1.86 bits per heavy atom. The zero-order valence-corrected chi connectivity index (χ0v) is 22.6. The van der Waals surface area contributed by atoms with Gasteiger partial charge >= 0.3 is 10.2 Å². The normalized spacial score (nSPS) is 28.5. The summed E-state index contributed by atoms with van der Waals surface area (Å²) in [6.45, 7) is 5.21. The SMILES string of the molecule is C[C@H]1[C@H]2COC[C@H](CNc3cnn(C4CCN(S(=O)(=O)N(c5ccccc5)C5CC5)CC4)c(=O)c3Cl)[C@@H]12. The van der Waals surface area contributed by atoms with Crippen LogP contribution in [0.15, 0.2) is 41.3 Å². The minimum Gasteiger partial charge on any atom is -0.382 e. The van der Waals surface area contributed by atoms with Crippen molar-refractivity contribution in [3.8, 4) is 0 Å². The Morgan fingerprint density at radius 1 is 1.14 bits per heavy atom. The van der Waals surface area contributed by atoms with Crippen molar-refractivity contribution < 1.29 is 13.2 Å². The van der Waals surface area contributed by atoms with E-state index in [1.807, 2.05) is 30.3 Å². The Labute approximate surface area is 222 Å². The first-order valence-corrected chi connectivity index (χ1v) is 15.1. The van der Waals surface area contributed by atoms with Crippen LogP contribution in [-0.2, 0) is 14.9 Å². The molecule has 9 nitrogen and oxygen atoms in total. The van der Waals surface area contributed by atoms with Gasteiger partial charge in [0, 0.05) is 38.2 Å². The van der Waals surface area contributed by atoms with Crippen LogP contribution < -0.4 is 15.2 Å². The monoisotopic (exact) mass is 547 g/mol. The number of aromatic nitrogens is 2. The number of para-hydroxylation sites is 1. The second-order valence-electron chi connectivity index (χ2n) is 10.9. The third-order valence-electron chi connectivity index (χ3n) is 8.55. The highest BCUT2D eigenvalue weighted by Gasteiger charge is 2.53. The van der Waals surface area contributed by atoms with Crippen LogP contribution >= 0.6 is 11.6 Å². The molecule has 0 unspecified atom stereocenters. The average molecular weight is 548 g/mol. The molecule has 2 aliphatic heterocycles. The lowest BCUT2D eigenvalue weighted by molar-refractivity contribution is 0.0516. The van der Waals surface area contributed by atoms with Crippen LogP contribution in [0.2, 0.25) is 5.02 Å². The van der Waals surface area contributed by atoms with Gasteiger partial charge in [-0.3, -0.25) is 9.10 Å². The van der Waals surface area contributed by atoms with E-state index in [1.54, 1.807) is 10.5 Å². The van der Waals surface area contributed by atoms with Gasteiger partial charge in [0.15, 0.2) is 0 Å². The number of nitrogens with zero attached hydrogens (tertiary/aromatic N) is 4. The van der Waals surface area contributed by atoms with E-state index in [0.717, 1.165) is 26.1 Å². The van der Waals surface area contributed by atoms with Crippen molar-refractivity contribution in [2.24, 2.45) is 23.7 Å². The van der Waals surface area contributed by atoms with Crippen molar-refractivity contribution in [2.45, 2.75) is 44.7 Å². The highest BCUT2D eigenvalue weighted by Crippen LogP contribution is 2.53. The largest absolute Gasteiger partial charge is 0.382 e. The van der Waals surface area contributed by atoms with Gasteiger partial charge in [0.2, 0.25) is 0 Å². The third-order valence-corrected chi connectivity index (χ3v) is 10.9. The van der Waals surface area contributed by atoms with Gasteiger partial charge in [0.1, 0.15) is 5.02 Å². The number of nitrogens with one attached hydrogen (secondary N) is 1. The molecule has 1 aromatic heterocycles. The first-order chi connectivity index (χ1) is 17.9. The Balaban J connectivity index is 1.11. The van der Waals surface area contributed by atoms with Crippen LogP contribution in [0.3, 0.4) is 0 Å². The van der Waals surface area contributed by atoms with Gasteiger partial charge < -0.3 is 10.1 Å². The molecule has 1 aromatic carbocycles. The van der Waals surface area contributed by atoms with E-state index in [1.165, 1.54) is 8.99 Å². The predicted octanol–water partition coefficient (Wildman–Crippen LogP) is 3.39. The van der Waals surface area contributed by atoms with E-state index >= 15 is 0 Å². The second kappa shape index (κ2) is 9.87. The Bertz CT molecular complexity index is 1290. The molecule has 4 aliphatic rings. The molecule has 2 aliphatic carbocycles. The van der Waals surface area contributed by atoms with Gasteiger partial charge in [-0.05, 0) is 55.6 Å². The fraction of sp³-hybridized carbons (Fsp3) is 0.615. The maximum Gasteiger partial charge on any atom is 0.304 e. The van der Waals surface area contributed by atoms with Crippen LogP contribution in [-0.4, -0.2) is 61.4 Å². The van der Waals surface area contributed by atoms with Gasteiger partial charge in [-0.1, -0.05) is 36.7 Å². The van der Waals surface area contributed by atoms with Gasteiger partial charge in [0.05, 0.1) is 30.2 Å². The molecule has 2 saturated carbocycles. The number of anilines is 2. The number of ether oxygens (including phenoxy) is 1. The zero-order valence-electron chi connectivity index (χ0n) is 21.0. The summed E-state index contributed by atoms with van der Waals surface area (Å²) in [4.78, 5) is 13.1. The predicted molar refractivity (Wildman–Crippen MR) is 143 cm³/mol. The van der Waals surface area contributed by atoms with E-state index in [-0.39, 0.29) is 22.7 Å². The molecule has 0 amide bonds. The molecule has 0 radical (unpaired) electrons. The number of benzene rings is 1. The summed E-state index contributed by atoms with van der Waals surface area (Å²) in [5.41, 5.74) is 0.905. The van der Waals surface area contributed by atoms with E-state index in [4.69, 9.17) is 16.3 Å². The molecular formula is C26H34ClN5O4S. The molecule has 2 saturated heterocycles. The molecule has 200 valence electrons. The van der Waals surface area contributed by atoms with Crippen LogP contribution in [0.4, 0.5) is 11.4 Å². The van der Waals surface area contributed by atoms with E-state index in [0.29, 0.717) is 67.5 Å². The number of fused-ring (bicyclic) bond motifs is 1. The first-order valence-electron chi connectivity index (χ1n) is 13.3. The average Bonchev–Trinajstić information content (AvgIpc) is 3.84. The van der Waals surface area contributed by atoms with Crippen molar-refractivity contribution in [1.82, 2.24) is 14.1 Å². The maximum absolute atomic E-state index is 13.6. The molecule has 0 spiro atoms. The summed E-state index contributed by atoms with van der Waals surface area (Å²) in [5.74, 6) is 2.42. The Morgan fingerprint density at radius 3 is 2.57 bits per heavy atom. The van der Waals surface area contributed by atoms with Gasteiger partial charge in [-0.25, -0.2) is 4.68 Å². The van der Waals surface area contributed by atoms with Crippen LogP contribution in [0, 0.1) is 23.7 Å². The topological polar surface area (TPSA) is 96.8 Å². The lowest BCUT2D eigenvalue weighted by atomic mass is 10.0. The summed E-state index contributed by atoms with van der Waals surface area (Å²) in [7, 11) is -3.66. The molecule has 3 heterocycles. The molecule has 2 aromatic rings. The fourth-order valence-electron chi connectivity index (χ4n) is 6.21. The summed E-state index contributed by atoms with van der Waals surface area (Å²) in [6, 6.07) is 9.11. The molecule has 0 bridgehead atoms. The summed E-state index contributed by atoms with van der Waals surface area (Å²) in [6.07, 6.45) is 4.37. The molecule has 6 rings (SSSR count). The van der Waals surface area contributed by atoms with Crippen molar-refractivity contribution in [1.29, 1.82) is 0 Å². The van der Waals surface area contributed by atoms with E-state index in [9.17, 15) is 13.2 Å². The summed E-state index contributed by atoms with van der Waals surface area (Å²) >= 11 is 6.48. The third kappa shape index (κ3) is 4.77. The highest BCUT2D eigenvalue weighted by molar-refractivity contribution is 7.90. The van der Waals surface area contributed by atoms with Crippen molar-refractivity contribution in [3.05, 3.63) is 51.9 Å². The van der Waals surface area contributed by atoms with Crippen LogP contribution in [0.1, 0.15) is 38.6 Å². The van der Waals surface area contributed by atoms with Crippen molar-refractivity contribution in [2.75, 3.05) is 42.5 Å². The molecule has 11 heteroatoms. The van der Waals surface area contributed by atoms with Gasteiger partial charge in [0.25, 0.3) is 5.56 Å². The van der Waals surface area contributed by atoms with Crippen LogP contribution in [0.25, 0.3) is 0 Å². The van der Waals surface area contributed by atoms with Gasteiger partial charge in [-0.15, -0.1) is 0 Å². The Hall–Kier alpha value is -2.14. The highest BCUT2D eigenvalue weighted by atomic mass is 35.5. The first kappa shape index (κ1) is 25.2. The number of hydrogen-bond acceptors (Lipinski definition) is 6. The minimum absolute atomic E-state index is 0.0162. The number of rotatable bonds is 8. The molecule has 4 fully saturated rings. The van der Waals surface area contributed by atoms with Crippen LogP contribution in [0.5, 0.6) is 0 Å². The molecule has 1 N–H and O–H groups in total. The zero-order chi connectivity index (χ0) is 25.7. The summed E-state index contributed by atoms with van der Waals surface area (Å²) in [5, 5.41) is 7.88. The maximum atomic E-state index is 13.6. The lowest BCUT2D eigenvalue weighted by Gasteiger charge is -2.36. The van der Waals surface area contributed by atoms with Crippen molar-refractivity contribution >= 4 is 33.2 Å². The minimum atomic E-state index is -3.66. The fourth-order valence-corrected chi connectivity index (χ4v) is 8.31. The standard InChI is InChI=1S/C26H34ClN5O4S/c1-17-22-16-36-15-18(24(17)22)13-28-23-14-29-31(26(33)25(23)27)19-9-11-30(12-10-19)37(34,35)32(21-7-8-21)20-5-3-2-4-6-20/h2-6,14,17-19,21-22,24,28H,7-13,15-16H2,1H3/t17-,18-,22+,24+/m0/s1. The Kier molecular flexibility index (Phi) is 6.71. The quantitative estimate of drug-likeness (QED) is 0.544. The molecule has 4 atom stereocenters.